The Morgan fingerprint density at radius 2 is 2.04 bits per heavy atom. The Kier molecular flexibility index (Phi) is 6.76. The number of esters is 1. The third kappa shape index (κ3) is 5.18. The standard InChI is InChI=1S/C20H24N6O2/c1-3-15-11-24-19(13-23-15)26-18-10-17(16(12-25-18)20(27)28-2)22-9-6-14-4-7-21-8-5-14/h1,10-14,21H,4-9H2,2H3,(H2,22,24,25,26). The number of methoxy groups -OCH3 is 1. The van der Waals surface area contributed by atoms with E-state index in [0.29, 0.717) is 34.5 Å². The van der Waals surface area contributed by atoms with Gasteiger partial charge in [0.05, 0.1) is 25.2 Å². The van der Waals surface area contributed by atoms with Crippen molar-refractivity contribution in [2.75, 3.05) is 37.4 Å². The fourth-order valence-electron chi connectivity index (χ4n) is 3.12. The van der Waals surface area contributed by atoms with Gasteiger partial charge in [0, 0.05) is 18.8 Å². The maximum Gasteiger partial charge on any atom is 0.341 e. The van der Waals surface area contributed by atoms with Gasteiger partial charge in [0.1, 0.15) is 22.9 Å². The molecule has 0 spiro atoms. The van der Waals surface area contributed by atoms with Crippen LogP contribution < -0.4 is 16.0 Å². The Bertz CT molecular complexity index is 841. The highest BCUT2D eigenvalue weighted by molar-refractivity contribution is 5.95. The van der Waals surface area contributed by atoms with Crippen molar-refractivity contribution in [3.8, 4) is 12.3 Å². The quantitative estimate of drug-likeness (QED) is 0.496. The zero-order chi connectivity index (χ0) is 19.8. The van der Waals surface area contributed by atoms with Gasteiger partial charge in [-0.3, -0.25) is 0 Å². The molecule has 0 aliphatic carbocycles. The zero-order valence-electron chi connectivity index (χ0n) is 15.9. The molecule has 3 N–H and O–H groups in total. The molecular weight excluding hydrogens is 356 g/mol. The minimum Gasteiger partial charge on any atom is -0.465 e. The minimum absolute atomic E-state index is 0.395. The Morgan fingerprint density at radius 1 is 1.25 bits per heavy atom. The fourth-order valence-corrected chi connectivity index (χ4v) is 3.12. The van der Waals surface area contributed by atoms with E-state index in [-0.39, 0.29) is 0 Å². The number of pyridine rings is 1. The van der Waals surface area contributed by atoms with Crippen molar-refractivity contribution in [3.63, 3.8) is 0 Å². The molecule has 8 heteroatoms. The van der Waals surface area contributed by atoms with Crippen molar-refractivity contribution >= 4 is 23.3 Å². The average molecular weight is 380 g/mol. The third-order valence-corrected chi connectivity index (χ3v) is 4.69. The number of carbonyl (C=O) groups is 1. The first kappa shape index (κ1) is 19.6. The van der Waals surface area contributed by atoms with Gasteiger partial charge in [0.25, 0.3) is 0 Å². The predicted molar refractivity (Wildman–Crippen MR) is 108 cm³/mol. The molecule has 0 saturated carbocycles. The Labute approximate surface area is 164 Å². The predicted octanol–water partition coefficient (Wildman–Crippen LogP) is 2.18. The van der Waals surface area contributed by atoms with Crippen molar-refractivity contribution in [3.05, 3.63) is 35.9 Å². The molecule has 0 radical (unpaired) electrons. The Morgan fingerprint density at radius 3 is 2.71 bits per heavy atom. The van der Waals surface area contributed by atoms with Crippen LogP contribution in [-0.4, -0.2) is 47.7 Å². The smallest absolute Gasteiger partial charge is 0.341 e. The lowest BCUT2D eigenvalue weighted by Gasteiger charge is -2.23. The van der Waals surface area contributed by atoms with E-state index in [1.165, 1.54) is 38.5 Å². The Balaban J connectivity index is 1.70. The molecule has 2 aromatic rings. The number of ether oxygens (including phenoxy) is 1. The maximum absolute atomic E-state index is 12.1. The van der Waals surface area contributed by atoms with E-state index in [1.54, 1.807) is 6.07 Å². The van der Waals surface area contributed by atoms with Gasteiger partial charge in [0.2, 0.25) is 0 Å². The van der Waals surface area contributed by atoms with E-state index in [4.69, 9.17) is 11.2 Å². The van der Waals surface area contributed by atoms with Crippen LogP contribution in [0.25, 0.3) is 0 Å². The summed E-state index contributed by atoms with van der Waals surface area (Å²) in [5.41, 5.74) is 1.53. The van der Waals surface area contributed by atoms with Gasteiger partial charge >= 0.3 is 5.97 Å². The van der Waals surface area contributed by atoms with Gasteiger partial charge in [-0.2, -0.15) is 0 Å². The van der Waals surface area contributed by atoms with Crippen molar-refractivity contribution in [1.29, 1.82) is 0 Å². The molecule has 3 rings (SSSR count). The average Bonchev–Trinajstić information content (AvgIpc) is 2.75. The van der Waals surface area contributed by atoms with E-state index >= 15 is 0 Å². The molecule has 0 bridgehead atoms. The fraction of sp³-hybridized carbons (Fsp3) is 0.400. The first-order chi connectivity index (χ1) is 13.7. The maximum atomic E-state index is 12.1. The number of hydrogen-bond acceptors (Lipinski definition) is 8. The van der Waals surface area contributed by atoms with E-state index in [2.05, 4.69) is 36.8 Å². The zero-order valence-corrected chi connectivity index (χ0v) is 15.9. The number of rotatable bonds is 7. The number of anilines is 3. The van der Waals surface area contributed by atoms with Gasteiger partial charge in [-0.25, -0.2) is 19.7 Å². The second-order valence-corrected chi connectivity index (χ2v) is 6.57. The third-order valence-electron chi connectivity index (χ3n) is 4.69. The SMILES string of the molecule is C#Cc1cnc(Nc2cc(NCCC3CCNCC3)c(C(=O)OC)cn2)cn1. The van der Waals surface area contributed by atoms with Crippen LogP contribution in [0, 0.1) is 18.3 Å². The van der Waals surface area contributed by atoms with Crippen LogP contribution in [0.3, 0.4) is 0 Å². The first-order valence-corrected chi connectivity index (χ1v) is 9.28. The number of terminal acetylenes is 1. The number of hydrogen-bond donors (Lipinski definition) is 3. The van der Waals surface area contributed by atoms with Crippen molar-refractivity contribution in [1.82, 2.24) is 20.3 Å². The molecule has 1 saturated heterocycles. The second kappa shape index (κ2) is 9.67. The largest absolute Gasteiger partial charge is 0.465 e. The molecule has 146 valence electrons. The molecule has 3 heterocycles. The summed E-state index contributed by atoms with van der Waals surface area (Å²) in [6.07, 6.45) is 13.2. The van der Waals surface area contributed by atoms with Crippen LogP contribution in [0.15, 0.2) is 24.7 Å². The van der Waals surface area contributed by atoms with Crippen LogP contribution in [0.5, 0.6) is 0 Å². The van der Waals surface area contributed by atoms with Crippen LogP contribution in [0.2, 0.25) is 0 Å². The molecule has 28 heavy (non-hydrogen) atoms. The summed E-state index contributed by atoms with van der Waals surface area (Å²) in [5, 5.41) is 9.79. The number of carbonyl (C=O) groups excluding carboxylic acids is 1. The molecule has 0 amide bonds. The lowest BCUT2D eigenvalue weighted by Crippen LogP contribution is -2.28. The number of piperidine rings is 1. The highest BCUT2D eigenvalue weighted by atomic mass is 16.5. The lowest BCUT2D eigenvalue weighted by atomic mass is 9.95. The van der Waals surface area contributed by atoms with Crippen LogP contribution >= 0.6 is 0 Å². The minimum atomic E-state index is -0.429. The van der Waals surface area contributed by atoms with E-state index in [1.807, 2.05) is 0 Å². The van der Waals surface area contributed by atoms with Crippen molar-refractivity contribution < 1.29 is 9.53 Å². The second-order valence-electron chi connectivity index (χ2n) is 6.57. The summed E-state index contributed by atoms with van der Waals surface area (Å²) < 4.78 is 4.87. The van der Waals surface area contributed by atoms with Gasteiger partial charge in [-0.1, -0.05) is 0 Å². The van der Waals surface area contributed by atoms with Crippen LogP contribution in [0.4, 0.5) is 17.3 Å². The topological polar surface area (TPSA) is 101 Å². The molecule has 0 atom stereocenters. The Hall–Kier alpha value is -3.18. The highest BCUT2D eigenvalue weighted by Gasteiger charge is 2.16. The van der Waals surface area contributed by atoms with Gasteiger partial charge < -0.3 is 20.7 Å². The van der Waals surface area contributed by atoms with Gasteiger partial charge in [0.15, 0.2) is 0 Å². The summed E-state index contributed by atoms with van der Waals surface area (Å²) in [6.45, 7) is 2.91. The number of nitrogens with zero attached hydrogens (tertiary/aromatic N) is 3. The van der Waals surface area contributed by atoms with Gasteiger partial charge in [-0.05, 0) is 44.2 Å². The normalized spacial score (nSPS) is 14.1. The monoisotopic (exact) mass is 380 g/mol. The highest BCUT2D eigenvalue weighted by Crippen LogP contribution is 2.23. The lowest BCUT2D eigenvalue weighted by molar-refractivity contribution is 0.0601. The van der Waals surface area contributed by atoms with Gasteiger partial charge in [-0.15, -0.1) is 6.42 Å². The summed E-state index contributed by atoms with van der Waals surface area (Å²) in [5.74, 6) is 3.74. The summed E-state index contributed by atoms with van der Waals surface area (Å²) in [6, 6.07) is 1.77. The molecule has 1 fully saturated rings. The summed E-state index contributed by atoms with van der Waals surface area (Å²) >= 11 is 0. The van der Waals surface area contributed by atoms with Crippen LogP contribution in [-0.2, 0) is 4.74 Å². The van der Waals surface area contributed by atoms with Crippen molar-refractivity contribution in [2.24, 2.45) is 5.92 Å². The molecule has 2 aromatic heterocycles. The number of nitrogens with one attached hydrogen (secondary N) is 3. The van der Waals surface area contributed by atoms with E-state index in [0.717, 1.165) is 26.1 Å². The molecule has 1 aliphatic heterocycles. The van der Waals surface area contributed by atoms with Crippen molar-refractivity contribution in [2.45, 2.75) is 19.3 Å². The van der Waals surface area contributed by atoms with E-state index in [9.17, 15) is 4.79 Å². The van der Waals surface area contributed by atoms with Crippen LogP contribution in [0.1, 0.15) is 35.3 Å². The number of aromatic nitrogens is 3. The first-order valence-electron chi connectivity index (χ1n) is 9.28. The molecule has 0 unspecified atom stereocenters. The molecule has 0 aromatic carbocycles. The molecular formula is C20H24N6O2. The van der Waals surface area contributed by atoms with E-state index < -0.39 is 5.97 Å². The molecule has 8 nitrogen and oxygen atoms in total. The summed E-state index contributed by atoms with van der Waals surface area (Å²) in [7, 11) is 1.36. The summed E-state index contributed by atoms with van der Waals surface area (Å²) in [4.78, 5) is 24.6. The molecule has 1 aliphatic rings.